The standard InChI is InChI=1S/C9H11NO3.I3/c10-8(9(12)13)5-6-1-3-7(11)4-2-6;1-3-2/h1-4,8,11H,5,10H2,(H,12,13);/q;-1. The number of nitrogens with two attached hydrogens (primary N) is 1. The molecule has 4 nitrogen and oxygen atoms in total. The Balaban J connectivity index is 0.000000673. The van der Waals surface area contributed by atoms with E-state index in [4.69, 9.17) is 15.9 Å². The van der Waals surface area contributed by atoms with Gasteiger partial charge in [0, 0.05) is 0 Å². The number of hydrogen-bond donors (Lipinski definition) is 3. The molecule has 1 rings (SSSR count). The van der Waals surface area contributed by atoms with Crippen molar-refractivity contribution in [3.8, 4) is 5.75 Å². The number of carboxylic acids is 1. The quantitative estimate of drug-likeness (QED) is 0.419. The molecule has 0 aromatic heterocycles. The first-order chi connectivity index (χ1) is 7.51. The molecule has 0 bridgehead atoms. The minimum atomic E-state index is -1.02. The molecule has 92 valence electrons. The Bertz CT molecular complexity index is 318. The van der Waals surface area contributed by atoms with Gasteiger partial charge in [-0.3, -0.25) is 4.79 Å². The Morgan fingerprint density at radius 3 is 2.19 bits per heavy atom. The zero-order chi connectivity index (χ0) is 12.6. The number of hydrogen-bond acceptors (Lipinski definition) is 3. The molecule has 16 heavy (non-hydrogen) atoms. The van der Waals surface area contributed by atoms with Crippen molar-refractivity contribution < 1.29 is 28.3 Å². The minimum absolute atomic E-state index is 0.160. The number of carbonyl (C=O) groups is 1. The van der Waals surface area contributed by atoms with E-state index in [-0.39, 0.29) is 12.2 Å². The first-order valence-corrected chi connectivity index (χ1v) is 16.7. The zero-order valence-corrected chi connectivity index (χ0v) is 14.6. The van der Waals surface area contributed by atoms with E-state index in [2.05, 4.69) is 37.2 Å². The fourth-order valence-electron chi connectivity index (χ4n) is 0.973. The van der Waals surface area contributed by atoms with Crippen molar-refractivity contribution in [1.82, 2.24) is 0 Å². The zero-order valence-electron chi connectivity index (χ0n) is 8.11. The van der Waals surface area contributed by atoms with E-state index < -0.39 is 12.0 Å². The van der Waals surface area contributed by atoms with Crippen LogP contribution in [0.25, 0.3) is 0 Å². The summed E-state index contributed by atoms with van der Waals surface area (Å²) in [6, 6.07) is 5.42. The van der Waals surface area contributed by atoms with Crippen molar-refractivity contribution in [1.29, 1.82) is 0 Å². The molecular weight excluding hydrogens is 551 g/mol. The number of halogens is 3. The van der Waals surface area contributed by atoms with Crippen LogP contribution in [-0.2, 0) is 11.2 Å². The molecule has 1 atom stereocenters. The molecule has 0 amide bonds. The summed E-state index contributed by atoms with van der Waals surface area (Å²) in [5.74, 6) is -0.860. The smallest absolute Gasteiger partial charge is 0.320 e. The summed E-state index contributed by atoms with van der Waals surface area (Å²) >= 11 is 5.30. The summed E-state index contributed by atoms with van der Waals surface area (Å²) < 4.78 is 0. The Morgan fingerprint density at radius 1 is 1.38 bits per heavy atom. The van der Waals surface area contributed by atoms with E-state index in [0.717, 1.165) is 5.56 Å². The van der Waals surface area contributed by atoms with Gasteiger partial charge in [0.15, 0.2) is 0 Å². The molecule has 0 aliphatic heterocycles. The molecule has 0 saturated heterocycles. The fourth-order valence-corrected chi connectivity index (χ4v) is 0.973. The van der Waals surface area contributed by atoms with Gasteiger partial charge in [0.2, 0.25) is 0 Å². The van der Waals surface area contributed by atoms with Crippen LogP contribution < -0.4 is 19.0 Å². The fraction of sp³-hybridized carbons (Fsp3) is 0.222. The third-order valence-corrected chi connectivity index (χ3v) is 1.71. The Morgan fingerprint density at radius 2 is 1.81 bits per heavy atom. The topological polar surface area (TPSA) is 83.5 Å². The van der Waals surface area contributed by atoms with Gasteiger partial charge >= 0.3 is 56.5 Å². The van der Waals surface area contributed by atoms with Crippen molar-refractivity contribution in [2.45, 2.75) is 12.5 Å². The predicted molar refractivity (Wildman–Crippen MR) is 75.5 cm³/mol. The summed E-state index contributed by atoms with van der Waals surface area (Å²) in [6.45, 7) is 0. The van der Waals surface area contributed by atoms with E-state index in [0.29, 0.717) is 13.3 Å². The van der Waals surface area contributed by atoms with E-state index in [9.17, 15) is 4.79 Å². The maximum atomic E-state index is 10.4. The second-order valence-corrected chi connectivity index (χ2v) is 19.1. The van der Waals surface area contributed by atoms with Crippen molar-refractivity contribution in [3.63, 3.8) is 0 Å². The number of phenolic OH excluding ortho intramolecular Hbond substituents is 1. The van der Waals surface area contributed by atoms with Gasteiger partial charge in [-0.05, 0) is 24.1 Å². The summed E-state index contributed by atoms with van der Waals surface area (Å²) in [4.78, 5) is 10.4. The number of aromatic hydroxyl groups is 1. The molecule has 4 N–H and O–H groups in total. The van der Waals surface area contributed by atoms with Crippen LogP contribution in [-0.4, -0.2) is 22.2 Å². The molecule has 7 heteroatoms. The summed E-state index contributed by atoms with van der Waals surface area (Å²) in [5, 5.41) is 17.5. The molecule has 0 saturated carbocycles. The van der Waals surface area contributed by atoms with Crippen molar-refractivity contribution in [2.24, 2.45) is 5.73 Å². The molecule has 1 unspecified atom stereocenters. The minimum Gasteiger partial charge on any atom is -0.508 e. The van der Waals surface area contributed by atoms with Gasteiger partial charge in [0.1, 0.15) is 11.8 Å². The van der Waals surface area contributed by atoms with E-state index >= 15 is 0 Å². The maximum absolute atomic E-state index is 10.4. The molecule has 0 spiro atoms. The molecule has 0 heterocycles. The van der Waals surface area contributed by atoms with Crippen LogP contribution >= 0.6 is 37.2 Å². The van der Waals surface area contributed by atoms with Crippen molar-refractivity contribution >= 4 is 43.2 Å². The van der Waals surface area contributed by atoms with E-state index in [1.165, 1.54) is 12.1 Å². The van der Waals surface area contributed by atoms with E-state index in [1.807, 2.05) is 0 Å². The van der Waals surface area contributed by atoms with Gasteiger partial charge in [-0.15, -0.1) is 0 Å². The average Bonchev–Trinajstić information content (AvgIpc) is 2.22. The number of aliphatic carboxylic acids is 1. The summed E-state index contributed by atoms with van der Waals surface area (Å²) in [7, 11) is 0. The van der Waals surface area contributed by atoms with Gasteiger partial charge in [-0.25, -0.2) is 0 Å². The van der Waals surface area contributed by atoms with Crippen LogP contribution in [0.3, 0.4) is 0 Å². The van der Waals surface area contributed by atoms with Crippen LogP contribution in [0, 0.1) is 0 Å². The van der Waals surface area contributed by atoms with Crippen LogP contribution in [0.1, 0.15) is 5.56 Å². The van der Waals surface area contributed by atoms with Gasteiger partial charge < -0.3 is 15.9 Å². The first kappa shape index (κ1) is 16.6. The predicted octanol–water partition coefficient (Wildman–Crippen LogP) is -0.878. The molecule has 0 radical (unpaired) electrons. The number of rotatable bonds is 3. The normalized spacial score (nSPS) is 11.4. The molecule has 1 aromatic carbocycles. The average molecular weight is 562 g/mol. The Labute approximate surface area is 124 Å². The second kappa shape index (κ2) is 9.65. The third kappa shape index (κ3) is 7.84. The molecule has 0 fully saturated rings. The molecule has 1 aromatic rings. The van der Waals surface area contributed by atoms with Gasteiger partial charge in [-0.2, -0.15) is 0 Å². The van der Waals surface area contributed by atoms with Crippen molar-refractivity contribution in [3.05, 3.63) is 29.8 Å². The number of carboxylic acid groups (broad SMARTS) is 1. The van der Waals surface area contributed by atoms with Crippen LogP contribution in [0.15, 0.2) is 24.3 Å². The monoisotopic (exact) mass is 562 g/mol. The van der Waals surface area contributed by atoms with Crippen LogP contribution in [0.4, 0.5) is 0 Å². The molecular formula is C9H11I3NO3-. The van der Waals surface area contributed by atoms with E-state index in [1.54, 1.807) is 12.1 Å². The maximum Gasteiger partial charge on any atom is 0.320 e. The van der Waals surface area contributed by atoms with Gasteiger partial charge in [-0.1, -0.05) is 12.1 Å². The van der Waals surface area contributed by atoms with Gasteiger partial charge in [0.25, 0.3) is 0 Å². The number of benzene rings is 1. The SMILES string of the molecule is I[I-]I.NC(Cc1ccc(O)cc1)C(=O)O. The first-order valence-electron chi connectivity index (χ1n) is 4.14. The largest absolute Gasteiger partial charge is 0.508 e. The number of phenols is 1. The van der Waals surface area contributed by atoms with Crippen LogP contribution in [0.2, 0.25) is 0 Å². The second-order valence-electron chi connectivity index (χ2n) is 2.87. The molecule has 0 aliphatic rings. The summed E-state index contributed by atoms with van der Waals surface area (Å²) in [5.41, 5.74) is 6.12. The Hall–Kier alpha value is 0.640. The molecule has 0 aliphatic carbocycles. The van der Waals surface area contributed by atoms with Crippen LogP contribution in [0.5, 0.6) is 5.75 Å². The summed E-state index contributed by atoms with van der Waals surface area (Å²) in [6.07, 6.45) is 0.273. The Kier molecular flexibility index (Phi) is 10.0. The third-order valence-electron chi connectivity index (χ3n) is 1.71. The van der Waals surface area contributed by atoms with Gasteiger partial charge in [0.05, 0.1) is 0 Å². The van der Waals surface area contributed by atoms with Crippen molar-refractivity contribution in [2.75, 3.05) is 0 Å².